The van der Waals surface area contributed by atoms with E-state index in [1.807, 2.05) is 6.92 Å². The van der Waals surface area contributed by atoms with Crippen molar-refractivity contribution in [1.29, 1.82) is 0 Å². The molecule has 1 amide bonds. The molecule has 3 nitrogen and oxygen atoms in total. The van der Waals surface area contributed by atoms with Crippen LogP contribution in [0.2, 0.25) is 0 Å². The van der Waals surface area contributed by atoms with Crippen molar-refractivity contribution in [2.75, 3.05) is 13.6 Å². The summed E-state index contributed by atoms with van der Waals surface area (Å²) in [6, 6.07) is 6.08. The summed E-state index contributed by atoms with van der Waals surface area (Å²) < 4.78 is 12.9. The number of carbonyl (C=O) groups is 1. The zero-order valence-corrected chi connectivity index (χ0v) is 10.8. The highest BCUT2D eigenvalue weighted by Gasteiger charge is 2.14. The molecule has 0 aromatic heterocycles. The number of benzene rings is 1. The van der Waals surface area contributed by atoms with Gasteiger partial charge in [0, 0.05) is 19.6 Å². The van der Waals surface area contributed by atoms with E-state index >= 15 is 0 Å². The molecule has 5 heteroatoms. The lowest BCUT2D eigenvalue weighted by atomic mass is 10.1. The molecule has 96 valence electrons. The van der Waals surface area contributed by atoms with Crippen LogP contribution in [-0.2, 0) is 11.2 Å². The molecule has 0 aliphatic carbocycles. The summed E-state index contributed by atoms with van der Waals surface area (Å²) in [5.41, 5.74) is 6.16. The van der Waals surface area contributed by atoms with Gasteiger partial charge in [-0.15, -0.1) is 12.4 Å². The van der Waals surface area contributed by atoms with Crippen LogP contribution in [-0.4, -0.2) is 30.4 Å². The highest BCUT2D eigenvalue weighted by molar-refractivity contribution is 5.85. The van der Waals surface area contributed by atoms with Crippen molar-refractivity contribution in [2.24, 2.45) is 5.73 Å². The summed E-state index contributed by atoms with van der Waals surface area (Å²) in [6.45, 7) is 2.30. The lowest BCUT2D eigenvalue weighted by Gasteiger charge is -2.23. The maximum absolute atomic E-state index is 12.9. The largest absolute Gasteiger partial charge is 0.341 e. The Balaban J connectivity index is 0.00000256. The minimum atomic E-state index is -0.320. The number of likely N-dealkylation sites (N-methyl/N-ethyl adjacent to an activating group) is 1. The first-order valence-corrected chi connectivity index (χ1v) is 5.24. The summed E-state index contributed by atoms with van der Waals surface area (Å²) in [5.74, 6) is -0.372. The molecule has 0 aliphatic rings. The summed E-state index contributed by atoms with van der Waals surface area (Å²) in [5, 5.41) is 0. The van der Waals surface area contributed by atoms with E-state index < -0.39 is 0 Å². The van der Waals surface area contributed by atoms with Gasteiger partial charge in [-0.05, 0) is 24.6 Å². The minimum absolute atomic E-state index is 0. The molecule has 17 heavy (non-hydrogen) atoms. The van der Waals surface area contributed by atoms with Crippen molar-refractivity contribution in [2.45, 2.75) is 19.4 Å². The fourth-order valence-electron chi connectivity index (χ4n) is 1.35. The van der Waals surface area contributed by atoms with Gasteiger partial charge in [0.15, 0.2) is 0 Å². The Hall–Kier alpha value is -1.13. The second-order valence-electron chi connectivity index (χ2n) is 3.90. The Morgan fingerprint density at radius 3 is 2.71 bits per heavy atom. The standard InChI is InChI=1S/C12H17FN2O.ClH/c1-9(8-14)15(2)12(16)7-10-4-3-5-11(13)6-10;/h3-6,9H,7-8,14H2,1-2H3;1H. The smallest absolute Gasteiger partial charge is 0.227 e. The Morgan fingerprint density at radius 2 is 2.18 bits per heavy atom. The van der Waals surface area contributed by atoms with Gasteiger partial charge >= 0.3 is 0 Å². The average Bonchev–Trinajstić information content (AvgIpc) is 2.27. The highest BCUT2D eigenvalue weighted by Crippen LogP contribution is 2.06. The van der Waals surface area contributed by atoms with E-state index in [9.17, 15) is 9.18 Å². The fourth-order valence-corrected chi connectivity index (χ4v) is 1.35. The van der Waals surface area contributed by atoms with Gasteiger partial charge in [0.05, 0.1) is 6.42 Å². The predicted molar refractivity (Wildman–Crippen MR) is 68.6 cm³/mol. The molecule has 0 spiro atoms. The van der Waals surface area contributed by atoms with Gasteiger partial charge in [0.1, 0.15) is 5.82 Å². The van der Waals surface area contributed by atoms with Crippen molar-refractivity contribution < 1.29 is 9.18 Å². The number of rotatable bonds is 4. The normalized spacial score (nSPS) is 11.5. The molecule has 0 fully saturated rings. The predicted octanol–water partition coefficient (Wildman–Crippen LogP) is 1.60. The van der Waals surface area contributed by atoms with E-state index in [0.717, 1.165) is 0 Å². The number of nitrogens with zero attached hydrogens (tertiary/aromatic N) is 1. The maximum Gasteiger partial charge on any atom is 0.227 e. The Bertz CT molecular complexity index is 373. The van der Waals surface area contributed by atoms with Crippen molar-refractivity contribution >= 4 is 18.3 Å². The Labute approximate surface area is 107 Å². The zero-order valence-electron chi connectivity index (χ0n) is 10.0. The van der Waals surface area contributed by atoms with Gasteiger partial charge < -0.3 is 10.6 Å². The second kappa shape index (κ2) is 7.25. The summed E-state index contributed by atoms with van der Waals surface area (Å²) in [4.78, 5) is 13.4. The lowest BCUT2D eigenvalue weighted by molar-refractivity contribution is -0.130. The van der Waals surface area contributed by atoms with Crippen LogP contribution in [0.25, 0.3) is 0 Å². The number of hydrogen-bond donors (Lipinski definition) is 1. The van der Waals surface area contributed by atoms with E-state index in [-0.39, 0.29) is 36.6 Å². The van der Waals surface area contributed by atoms with Crippen LogP contribution in [0.4, 0.5) is 4.39 Å². The van der Waals surface area contributed by atoms with Crippen LogP contribution >= 0.6 is 12.4 Å². The fraction of sp³-hybridized carbons (Fsp3) is 0.417. The summed E-state index contributed by atoms with van der Waals surface area (Å²) in [6.07, 6.45) is 0.207. The van der Waals surface area contributed by atoms with Crippen molar-refractivity contribution in [1.82, 2.24) is 4.90 Å². The molecule has 1 atom stereocenters. The molecule has 0 saturated carbocycles. The van der Waals surface area contributed by atoms with Crippen LogP contribution in [0.1, 0.15) is 12.5 Å². The molecule has 1 aromatic carbocycles. The number of nitrogens with two attached hydrogens (primary N) is 1. The Morgan fingerprint density at radius 1 is 1.53 bits per heavy atom. The van der Waals surface area contributed by atoms with Gasteiger partial charge in [-0.1, -0.05) is 12.1 Å². The monoisotopic (exact) mass is 260 g/mol. The molecule has 1 aromatic rings. The maximum atomic E-state index is 12.9. The summed E-state index contributed by atoms with van der Waals surface area (Å²) in [7, 11) is 1.71. The van der Waals surface area contributed by atoms with E-state index in [1.165, 1.54) is 12.1 Å². The first-order chi connectivity index (χ1) is 7.54. The lowest BCUT2D eigenvalue weighted by Crippen LogP contribution is -2.40. The molecule has 0 radical (unpaired) electrons. The van der Waals surface area contributed by atoms with Crippen molar-refractivity contribution in [3.05, 3.63) is 35.6 Å². The molecule has 0 bridgehead atoms. The molecular formula is C12H18ClFN2O. The molecular weight excluding hydrogens is 243 g/mol. The first-order valence-electron chi connectivity index (χ1n) is 5.24. The van der Waals surface area contributed by atoms with Gasteiger partial charge in [-0.25, -0.2) is 4.39 Å². The third kappa shape index (κ3) is 4.71. The molecule has 0 aliphatic heterocycles. The van der Waals surface area contributed by atoms with Crippen LogP contribution in [0.3, 0.4) is 0 Å². The van der Waals surface area contributed by atoms with Gasteiger partial charge in [0.25, 0.3) is 0 Å². The average molecular weight is 261 g/mol. The van der Waals surface area contributed by atoms with Crippen molar-refractivity contribution in [3.63, 3.8) is 0 Å². The van der Waals surface area contributed by atoms with Gasteiger partial charge in [0.2, 0.25) is 5.91 Å². The molecule has 1 unspecified atom stereocenters. The van der Waals surface area contributed by atoms with Gasteiger partial charge in [-0.2, -0.15) is 0 Å². The van der Waals surface area contributed by atoms with Crippen LogP contribution in [0, 0.1) is 5.82 Å². The van der Waals surface area contributed by atoms with E-state index in [1.54, 1.807) is 24.1 Å². The number of halogens is 2. The quantitative estimate of drug-likeness (QED) is 0.894. The third-order valence-electron chi connectivity index (χ3n) is 2.64. The minimum Gasteiger partial charge on any atom is -0.341 e. The van der Waals surface area contributed by atoms with E-state index in [0.29, 0.717) is 12.1 Å². The number of amides is 1. The van der Waals surface area contributed by atoms with Crippen molar-refractivity contribution in [3.8, 4) is 0 Å². The second-order valence-corrected chi connectivity index (χ2v) is 3.90. The molecule has 2 N–H and O–H groups in total. The van der Waals surface area contributed by atoms with E-state index in [2.05, 4.69) is 0 Å². The first kappa shape index (κ1) is 15.9. The third-order valence-corrected chi connectivity index (χ3v) is 2.64. The summed E-state index contributed by atoms with van der Waals surface area (Å²) >= 11 is 0. The topological polar surface area (TPSA) is 46.3 Å². The number of carbonyl (C=O) groups excluding carboxylic acids is 1. The highest BCUT2D eigenvalue weighted by atomic mass is 35.5. The SMILES string of the molecule is CC(CN)N(C)C(=O)Cc1cccc(F)c1.Cl. The number of hydrogen-bond acceptors (Lipinski definition) is 2. The van der Waals surface area contributed by atoms with Crippen LogP contribution < -0.4 is 5.73 Å². The molecule has 1 rings (SSSR count). The Kier molecular flexibility index (Phi) is 6.76. The molecule has 0 saturated heterocycles. The van der Waals surface area contributed by atoms with Gasteiger partial charge in [-0.3, -0.25) is 4.79 Å². The van der Waals surface area contributed by atoms with Crippen LogP contribution in [0.15, 0.2) is 24.3 Å². The zero-order chi connectivity index (χ0) is 12.1. The van der Waals surface area contributed by atoms with E-state index in [4.69, 9.17) is 5.73 Å². The van der Waals surface area contributed by atoms with Crippen LogP contribution in [0.5, 0.6) is 0 Å². The molecule has 0 heterocycles.